The van der Waals surface area contributed by atoms with Crippen molar-refractivity contribution in [3.8, 4) is 0 Å². The first kappa shape index (κ1) is 14.0. The number of amidine groups is 1. The van der Waals surface area contributed by atoms with E-state index in [1.165, 1.54) is 5.69 Å². The van der Waals surface area contributed by atoms with E-state index in [1.54, 1.807) is 0 Å². The standard InChI is InChI=1S/C13H20BrN3/c1-3-7-17(8-4-2)12-6-5-10(13(15)16)9-11(12)14/h5-6,9H,3-4,7-8H2,1-2H3,(H3,15,16). The molecule has 0 saturated carbocycles. The molecule has 0 bridgehead atoms. The van der Waals surface area contributed by atoms with Gasteiger partial charge in [-0.3, -0.25) is 5.41 Å². The van der Waals surface area contributed by atoms with Crippen molar-refractivity contribution in [3.63, 3.8) is 0 Å². The molecule has 3 nitrogen and oxygen atoms in total. The van der Waals surface area contributed by atoms with Crippen LogP contribution in [0.4, 0.5) is 5.69 Å². The van der Waals surface area contributed by atoms with Gasteiger partial charge in [0.15, 0.2) is 0 Å². The lowest BCUT2D eigenvalue weighted by Gasteiger charge is -2.25. The molecule has 0 radical (unpaired) electrons. The number of nitrogens with one attached hydrogen (secondary N) is 1. The minimum atomic E-state index is 0.106. The Morgan fingerprint density at radius 3 is 2.29 bits per heavy atom. The van der Waals surface area contributed by atoms with Crippen LogP contribution in [0.15, 0.2) is 22.7 Å². The summed E-state index contributed by atoms with van der Waals surface area (Å²) >= 11 is 3.56. The summed E-state index contributed by atoms with van der Waals surface area (Å²) in [4.78, 5) is 2.36. The highest BCUT2D eigenvalue weighted by atomic mass is 79.9. The third-order valence-electron chi connectivity index (χ3n) is 2.59. The van der Waals surface area contributed by atoms with Crippen LogP contribution in [0.5, 0.6) is 0 Å². The van der Waals surface area contributed by atoms with Crippen molar-refractivity contribution in [2.75, 3.05) is 18.0 Å². The highest BCUT2D eigenvalue weighted by molar-refractivity contribution is 9.10. The van der Waals surface area contributed by atoms with Gasteiger partial charge in [0.1, 0.15) is 5.84 Å². The molecule has 0 heterocycles. The largest absolute Gasteiger partial charge is 0.384 e. The highest BCUT2D eigenvalue weighted by Gasteiger charge is 2.09. The van der Waals surface area contributed by atoms with Crippen LogP contribution in [-0.2, 0) is 0 Å². The van der Waals surface area contributed by atoms with E-state index in [4.69, 9.17) is 11.1 Å². The van der Waals surface area contributed by atoms with Crippen molar-refractivity contribution in [1.29, 1.82) is 5.41 Å². The monoisotopic (exact) mass is 297 g/mol. The summed E-state index contributed by atoms with van der Waals surface area (Å²) in [5.41, 5.74) is 7.41. The topological polar surface area (TPSA) is 53.1 Å². The number of nitrogens with zero attached hydrogens (tertiary/aromatic N) is 1. The number of hydrogen-bond acceptors (Lipinski definition) is 2. The van der Waals surface area contributed by atoms with Gasteiger partial charge in [-0.2, -0.15) is 0 Å². The second-order valence-corrected chi connectivity index (χ2v) is 4.92. The molecule has 0 spiro atoms. The fourth-order valence-electron chi connectivity index (χ4n) is 1.82. The minimum absolute atomic E-state index is 0.106. The normalized spacial score (nSPS) is 10.3. The van der Waals surface area contributed by atoms with E-state index >= 15 is 0 Å². The smallest absolute Gasteiger partial charge is 0.122 e. The fraction of sp³-hybridized carbons (Fsp3) is 0.462. The number of halogens is 1. The minimum Gasteiger partial charge on any atom is -0.384 e. The zero-order valence-electron chi connectivity index (χ0n) is 10.5. The Bertz CT molecular complexity index is 384. The molecule has 1 rings (SSSR count). The Morgan fingerprint density at radius 1 is 1.29 bits per heavy atom. The first-order chi connectivity index (χ1) is 8.10. The summed E-state index contributed by atoms with van der Waals surface area (Å²) in [6.45, 7) is 6.46. The van der Waals surface area contributed by atoms with Crippen LogP contribution >= 0.6 is 15.9 Å². The van der Waals surface area contributed by atoms with Gasteiger partial charge in [-0.05, 0) is 47.0 Å². The summed E-state index contributed by atoms with van der Waals surface area (Å²) in [5, 5.41) is 7.42. The number of rotatable bonds is 6. The molecule has 0 aliphatic carbocycles. The second-order valence-electron chi connectivity index (χ2n) is 4.07. The van der Waals surface area contributed by atoms with E-state index < -0.39 is 0 Å². The van der Waals surface area contributed by atoms with Crippen LogP contribution in [0.2, 0.25) is 0 Å². The molecule has 0 amide bonds. The van der Waals surface area contributed by atoms with Crippen molar-refractivity contribution >= 4 is 27.5 Å². The maximum atomic E-state index is 7.42. The van der Waals surface area contributed by atoms with Gasteiger partial charge < -0.3 is 10.6 Å². The molecule has 1 aromatic carbocycles. The van der Waals surface area contributed by atoms with E-state index in [-0.39, 0.29) is 5.84 Å². The number of benzene rings is 1. The lowest BCUT2D eigenvalue weighted by Crippen LogP contribution is -2.25. The molecule has 4 heteroatoms. The molecule has 1 aromatic rings. The summed E-state index contributed by atoms with van der Waals surface area (Å²) in [6, 6.07) is 5.85. The number of nitrogen functional groups attached to an aromatic ring is 1. The van der Waals surface area contributed by atoms with Gasteiger partial charge in [-0.15, -0.1) is 0 Å². The van der Waals surface area contributed by atoms with Crippen molar-refractivity contribution in [2.24, 2.45) is 5.73 Å². The Kier molecular flexibility index (Phi) is 5.48. The van der Waals surface area contributed by atoms with Gasteiger partial charge in [0.2, 0.25) is 0 Å². The highest BCUT2D eigenvalue weighted by Crippen LogP contribution is 2.27. The van der Waals surface area contributed by atoms with Crippen LogP contribution < -0.4 is 10.6 Å². The predicted molar refractivity (Wildman–Crippen MR) is 78.0 cm³/mol. The average Bonchev–Trinajstić information content (AvgIpc) is 2.28. The molecule has 0 saturated heterocycles. The van der Waals surface area contributed by atoms with Crippen LogP contribution in [0, 0.1) is 5.41 Å². The predicted octanol–water partition coefficient (Wildman–Crippen LogP) is 3.36. The average molecular weight is 298 g/mol. The molecule has 0 unspecified atom stereocenters. The summed E-state index contributed by atoms with van der Waals surface area (Å²) in [5.74, 6) is 0.106. The fourth-order valence-corrected chi connectivity index (χ4v) is 2.45. The third kappa shape index (κ3) is 3.73. The van der Waals surface area contributed by atoms with Crippen molar-refractivity contribution in [3.05, 3.63) is 28.2 Å². The van der Waals surface area contributed by atoms with E-state index in [2.05, 4.69) is 34.7 Å². The lowest BCUT2D eigenvalue weighted by molar-refractivity contribution is 0.743. The molecule has 94 valence electrons. The SMILES string of the molecule is CCCN(CCC)c1ccc(C(=N)N)cc1Br. The Balaban J connectivity index is 2.99. The summed E-state index contributed by atoms with van der Waals surface area (Å²) < 4.78 is 1.01. The van der Waals surface area contributed by atoms with Gasteiger partial charge in [0, 0.05) is 23.1 Å². The van der Waals surface area contributed by atoms with Crippen LogP contribution in [-0.4, -0.2) is 18.9 Å². The molecule has 0 aromatic heterocycles. The number of hydrogen-bond donors (Lipinski definition) is 2. The Morgan fingerprint density at radius 2 is 1.88 bits per heavy atom. The van der Waals surface area contributed by atoms with Gasteiger partial charge in [-0.1, -0.05) is 13.8 Å². The van der Waals surface area contributed by atoms with Crippen LogP contribution in [0.3, 0.4) is 0 Å². The maximum absolute atomic E-state index is 7.42. The van der Waals surface area contributed by atoms with Gasteiger partial charge >= 0.3 is 0 Å². The van der Waals surface area contributed by atoms with Crippen molar-refractivity contribution in [1.82, 2.24) is 0 Å². The van der Waals surface area contributed by atoms with E-state index in [1.807, 2.05) is 18.2 Å². The molecule has 0 fully saturated rings. The van der Waals surface area contributed by atoms with Crippen LogP contribution in [0.1, 0.15) is 32.3 Å². The third-order valence-corrected chi connectivity index (χ3v) is 3.22. The van der Waals surface area contributed by atoms with Crippen LogP contribution in [0.25, 0.3) is 0 Å². The first-order valence-electron chi connectivity index (χ1n) is 5.99. The Hall–Kier alpha value is -1.03. The van der Waals surface area contributed by atoms with Gasteiger partial charge in [-0.25, -0.2) is 0 Å². The molecular formula is C13H20BrN3. The molecule has 0 atom stereocenters. The second kappa shape index (κ2) is 6.64. The lowest BCUT2D eigenvalue weighted by atomic mass is 10.1. The zero-order chi connectivity index (χ0) is 12.8. The van der Waals surface area contributed by atoms with E-state index in [9.17, 15) is 0 Å². The number of anilines is 1. The molecule has 0 aliphatic heterocycles. The van der Waals surface area contributed by atoms with Crippen molar-refractivity contribution < 1.29 is 0 Å². The molecule has 0 aliphatic rings. The maximum Gasteiger partial charge on any atom is 0.122 e. The first-order valence-corrected chi connectivity index (χ1v) is 6.78. The van der Waals surface area contributed by atoms with Gasteiger partial charge in [0.05, 0.1) is 5.69 Å². The molecular weight excluding hydrogens is 278 g/mol. The summed E-state index contributed by atoms with van der Waals surface area (Å²) in [6.07, 6.45) is 2.25. The zero-order valence-corrected chi connectivity index (χ0v) is 12.0. The van der Waals surface area contributed by atoms with E-state index in [0.29, 0.717) is 0 Å². The molecule has 3 N–H and O–H groups in total. The van der Waals surface area contributed by atoms with Crippen molar-refractivity contribution in [2.45, 2.75) is 26.7 Å². The summed E-state index contributed by atoms with van der Waals surface area (Å²) in [7, 11) is 0. The number of nitrogens with two attached hydrogens (primary N) is 1. The quantitative estimate of drug-likeness (QED) is 0.625. The van der Waals surface area contributed by atoms with Gasteiger partial charge in [0.25, 0.3) is 0 Å². The molecule has 17 heavy (non-hydrogen) atoms. The Labute approximate surface area is 112 Å². The van der Waals surface area contributed by atoms with E-state index in [0.717, 1.165) is 36.0 Å².